The van der Waals surface area contributed by atoms with Crippen LogP contribution in [0.2, 0.25) is 0 Å². The lowest BCUT2D eigenvalue weighted by Gasteiger charge is -2.07. The van der Waals surface area contributed by atoms with Crippen LogP contribution in [0.4, 0.5) is 10.1 Å². The van der Waals surface area contributed by atoms with Crippen LogP contribution in [-0.4, -0.2) is 17.5 Å². The summed E-state index contributed by atoms with van der Waals surface area (Å²) >= 11 is 1.67. The maximum Gasteiger partial charge on any atom is 0.125 e. The van der Waals surface area contributed by atoms with Crippen molar-refractivity contribution in [3.63, 3.8) is 0 Å². The largest absolute Gasteiger partial charge is 0.399 e. The number of aliphatic hydroxyl groups is 1. The van der Waals surface area contributed by atoms with Crippen molar-refractivity contribution >= 4 is 17.4 Å². The topological polar surface area (TPSA) is 46.2 Å². The number of nitrogens with two attached hydrogens (primary N) is 1. The molecule has 1 aromatic rings. The molecule has 1 unspecified atom stereocenters. The van der Waals surface area contributed by atoms with Crippen LogP contribution in [0.1, 0.15) is 12.5 Å². The van der Waals surface area contributed by atoms with Crippen LogP contribution < -0.4 is 5.73 Å². The van der Waals surface area contributed by atoms with Crippen LogP contribution in [-0.2, 0) is 5.75 Å². The predicted molar refractivity (Wildman–Crippen MR) is 63.2 cm³/mol. The van der Waals surface area contributed by atoms with Gasteiger partial charge in [0.15, 0.2) is 0 Å². The molecule has 0 amide bonds. The molecule has 0 aliphatic heterocycles. The molecule has 0 bridgehead atoms. The monoisotopic (exact) mass is 229 g/mol. The maximum atomic E-state index is 13.0. The SMILES string of the molecule is CC(CO)CSCc1cc(N)cc(F)c1. The summed E-state index contributed by atoms with van der Waals surface area (Å²) in [4.78, 5) is 0. The average molecular weight is 229 g/mol. The van der Waals surface area contributed by atoms with E-state index in [1.165, 1.54) is 12.1 Å². The highest BCUT2D eigenvalue weighted by atomic mass is 32.2. The molecule has 0 saturated heterocycles. The third-order valence-corrected chi connectivity index (χ3v) is 3.30. The van der Waals surface area contributed by atoms with Crippen LogP contribution in [0.25, 0.3) is 0 Å². The first kappa shape index (κ1) is 12.3. The summed E-state index contributed by atoms with van der Waals surface area (Å²) in [5, 5.41) is 8.83. The molecule has 1 aromatic carbocycles. The molecular formula is C11H16FNOS. The van der Waals surface area contributed by atoms with Crippen molar-refractivity contribution < 1.29 is 9.50 Å². The summed E-state index contributed by atoms with van der Waals surface area (Å²) in [7, 11) is 0. The second-order valence-electron chi connectivity index (χ2n) is 3.70. The van der Waals surface area contributed by atoms with Crippen LogP contribution in [0.15, 0.2) is 18.2 Å². The molecular weight excluding hydrogens is 213 g/mol. The molecule has 84 valence electrons. The van der Waals surface area contributed by atoms with E-state index in [4.69, 9.17) is 10.8 Å². The molecule has 1 rings (SSSR count). The van der Waals surface area contributed by atoms with Gasteiger partial charge in [-0.15, -0.1) is 0 Å². The number of thioether (sulfide) groups is 1. The van der Waals surface area contributed by atoms with Crippen molar-refractivity contribution in [3.8, 4) is 0 Å². The minimum absolute atomic E-state index is 0.193. The van der Waals surface area contributed by atoms with Crippen molar-refractivity contribution in [2.45, 2.75) is 12.7 Å². The summed E-state index contributed by atoms with van der Waals surface area (Å²) in [5.74, 6) is 1.58. The number of hydrogen-bond acceptors (Lipinski definition) is 3. The smallest absolute Gasteiger partial charge is 0.125 e. The number of benzene rings is 1. The summed E-state index contributed by atoms with van der Waals surface area (Å²) in [6, 6.07) is 4.58. The fourth-order valence-electron chi connectivity index (χ4n) is 1.19. The van der Waals surface area contributed by atoms with Crippen LogP contribution >= 0.6 is 11.8 Å². The van der Waals surface area contributed by atoms with E-state index in [9.17, 15) is 4.39 Å². The van der Waals surface area contributed by atoms with Gasteiger partial charge in [-0.2, -0.15) is 11.8 Å². The maximum absolute atomic E-state index is 13.0. The van der Waals surface area contributed by atoms with Gasteiger partial charge in [0.05, 0.1) is 0 Å². The highest BCUT2D eigenvalue weighted by Gasteiger charge is 2.02. The Kier molecular flexibility index (Phi) is 4.91. The van der Waals surface area contributed by atoms with Crippen molar-refractivity contribution in [1.29, 1.82) is 0 Å². The van der Waals surface area contributed by atoms with Crippen LogP contribution in [0.5, 0.6) is 0 Å². The number of halogens is 1. The quantitative estimate of drug-likeness (QED) is 0.761. The molecule has 1 atom stereocenters. The average Bonchev–Trinajstić information content (AvgIpc) is 2.16. The Morgan fingerprint density at radius 1 is 1.47 bits per heavy atom. The number of anilines is 1. The first-order valence-corrected chi connectivity index (χ1v) is 6.01. The summed E-state index contributed by atoms with van der Waals surface area (Å²) in [6.07, 6.45) is 0. The molecule has 0 saturated carbocycles. The van der Waals surface area contributed by atoms with E-state index in [0.29, 0.717) is 5.69 Å². The van der Waals surface area contributed by atoms with Gasteiger partial charge >= 0.3 is 0 Å². The normalized spacial score (nSPS) is 12.7. The first-order chi connectivity index (χ1) is 7.11. The lowest BCUT2D eigenvalue weighted by atomic mass is 10.2. The molecule has 0 heterocycles. The van der Waals surface area contributed by atoms with E-state index in [0.717, 1.165) is 17.1 Å². The van der Waals surface area contributed by atoms with Crippen molar-refractivity contribution in [1.82, 2.24) is 0 Å². The van der Waals surface area contributed by atoms with Crippen molar-refractivity contribution in [3.05, 3.63) is 29.6 Å². The second-order valence-corrected chi connectivity index (χ2v) is 4.73. The van der Waals surface area contributed by atoms with E-state index in [1.807, 2.05) is 6.92 Å². The fraction of sp³-hybridized carbons (Fsp3) is 0.455. The molecule has 0 fully saturated rings. The number of hydrogen-bond donors (Lipinski definition) is 2. The third-order valence-electron chi connectivity index (χ3n) is 1.96. The van der Waals surface area contributed by atoms with Crippen LogP contribution in [0.3, 0.4) is 0 Å². The van der Waals surface area contributed by atoms with E-state index < -0.39 is 0 Å². The van der Waals surface area contributed by atoms with Crippen molar-refractivity contribution in [2.75, 3.05) is 18.1 Å². The molecule has 0 radical (unpaired) electrons. The molecule has 0 spiro atoms. The fourth-order valence-corrected chi connectivity index (χ4v) is 2.22. The Bertz CT molecular complexity index is 299. The van der Waals surface area contributed by atoms with Gasteiger partial charge in [-0.3, -0.25) is 0 Å². The van der Waals surface area contributed by atoms with Crippen LogP contribution in [0, 0.1) is 11.7 Å². The van der Waals surface area contributed by atoms with Gasteiger partial charge in [0.1, 0.15) is 5.82 Å². The Morgan fingerprint density at radius 3 is 2.80 bits per heavy atom. The lowest BCUT2D eigenvalue weighted by molar-refractivity contribution is 0.250. The van der Waals surface area contributed by atoms with Gasteiger partial charge in [0.2, 0.25) is 0 Å². The van der Waals surface area contributed by atoms with Gasteiger partial charge < -0.3 is 10.8 Å². The van der Waals surface area contributed by atoms with E-state index in [1.54, 1.807) is 17.8 Å². The zero-order valence-electron chi connectivity index (χ0n) is 8.74. The molecule has 0 aliphatic carbocycles. The molecule has 0 aromatic heterocycles. The summed E-state index contributed by atoms with van der Waals surface area (Å²) in [6.45, 7) is 2.17. The number of nitrogen functional groups attached to an aromatic ring is 1. The van der Waals surface area contributed by atoms with E-state index in [2.05, 4.69) is 0 Å². The number of rotatable bonds is 5. The minimum atomic E-state index is -0.291. The Morgan fingerprint density at radius 2 is 2.20 bits per heavy atom. The lowest BCUT2D eigenvalue weighted by Crippen LogP contribution is -2.03. The van der Waals surface area contributed by atoms with Gasteiger partial charge in [0.25, 0.3) is 0 Å². The molecule has 0 aliphatic rings. The highest BCUT2D eigenvalue weighted by molar-refractivity contribution is 7.98. The van der Waals surface area contributed by atoms with Gasteiger partial charge in [0, 0.05) is 18.0 Å². The van der Waals surface area contributed by atoms with Gasteiger partial charge in [-0.05, 0) is 35.4 Å². The van der Waals surface area contributed by atoms with E-state index in [-0.39, 0.29) is 18.3 Å². The van der Waals surface area contributed by atoms with Crippen molar-refractivity contribution in [2.24, 2.45) is 5.92 Å². The highest BCUT2D eigenvalue weighted by Crippen LogP contribution is 2.18. The molecule has 3 N–H and O–H groups in total. The number of aliphatic hydroxyl groups excluding tert-OH is 1. The van der Waals surface area contributed by atoms with Gasteiger partial charge in [-0.25, -0.2) is 4.39 Å². The summed E-state index contributed by atoms with van der Waals surface area (Å²) < 4.78 is 13.0. The first-order valence-electron chi connectivity index (χ1n) is 4.85. The standard InChI is InChI=1S/C11H16FNOS/c1-8(5-14)6-15-7-9-2-10(12)4-11(13)3-9/h2-4,8,14H,5-7,13H2,1H3. The Hall–Kier alpha value is -0.740. The third kappa shape index (κ3) is 4.53. The molecule has 2 nitrogen and oxygen atoms in total. The zero-order chi connectivity index (χ0) is 11.3. The molecule has 15 heavy (non-hydrogen) atoms. The summed E-state index contributed by atoms with van der Waals surface area (Å²) in [5.41, 5.74) is 6.88. The predicted octanol–water partition coefficient (Wildman–Crippen LogP) is 2.27. The zero-order valence-corrected chi connectivity index (χ0v) is 9.56. The Labute approximate surface area is 93.7 Å². The molecule has 4 heteroatoms. The second kappa shape index (κ2) is 5.98. The minimum Gasteiger partial charge on any atom is -0.399 e. The van der Waals surface area contributed by atoms with E-state index >= 15 is 0 Å². The van der Waals surface area contributed by atoms with Gasteiger partial charge in [-0.1, -0.05) is 6.92 Å². The Balaban J connectivity index is 2.43.